The molecule has 0 saturated heterocycles. The Bertz CT molecular complexity index is 974. The van der Waals surface area contributed by atoms with Gasteiger partial charge in [0.2, 0.25) is 11.8 Å². The molecule has 26 heavy (non-hydrogen) atoms. The van der Waals surface area contributed by atoms with Gasteiger partial charge >= 0.3 is 0 Å². The monoisotopic (exact) mass is 353 g/mol. The molecule has 0 radical (unpaired) electrons. The minimum Gasteiger partial charge on any atom is -0.361 e. The van der Waals surface area contributed by atoms with Crippen LogP contribution in [0.25, 0.3) is 10.9 Å². The smallest absolute Gasteiger partial charge is 0.234 e. The number of hydrogen-bond acceptors (Lipinski definition) is 2. The average Bonchev–Trinajstić information content (AvgIpc) is 2.99. The van der Waals surface area contributed by atoms with Gasteiger partial charge in [-0.1, -0.05) is 0 Å². The molecule has 2 amide bonds. The number of H-pyrrole nitrogens is 1. The molecular weight excluding hydrogens is 333 g/mol. The summed E-state index contributed by atoms with van der Waals surface area (Å²) in [4.78, 5) is 26.9. The normalized spacial score (nSPS) is 11.4. The van der Waals surface area contributed by atoms with Crippen LogP contribution >= 0.6 is 0 Å². The van der Waals surface area contributed by atoms with Gasteiger partial charge in [0.15, 0.2) is 0 Å². The molecule has 0 spiro atoms. The van der Waals surface area contributed by atoms with Crippen molar-refractivity contribution in [2.75, 3.05) is 10.6 Å². The van der Waals surface area contributed by atoms with Crippen molar-refractivity contribution in [3.63, 3.8) is 0 Å². The molecular formula is C20H20FN3O2. The first-order chi connectivity index (χ1) is 12.3. The fourth-order valence-corrected chi connectivity index (χ4v) is 2.87. The lowest BCUT2D eigenvalue weighted by molar-refractivity contribution is -0.120. The molecule has 0 aliphatic rings. The number of benzene rings is 2. The number of aromatic amines is 1. The van der Waals surface area contributed by atoms with Crippen molar-refractivity contribution in [3.05, 3.63) is 60.0 Å². The number of carbonyl (C=O) groups is 2. The molecule has 3 rings (SSSR count). The molecule has 3 N–H and O–H groups in total. The van der Waals surface area contributed by atoms with E-state index in [1.165, 1.54) is 19.1 Å². The van der Waals surface area contributed by atoms with Gasteiger partial charge in [0, 0.05) is 35.4 Å². The third-order valence-electron chi connectivity index (χ3n) is 4.35. The van der Waals surface area contributed by atoms with Gasteiger partial charge in [-0.15, -0.1) is 0 Å². The molecule has 0 unspecified atom stereocenters. The van der Waals surface area contributed by atoms with Gasteiger partial charge in [0.1, 0.15) is 5.82 Å². The summed E-state index contributed by atoms with van der Waals surface area (Å²) in [5.41, 5.74) is 1.91. The molecule has 6 heteroatoms. The molecule has 1 aromatic heterocycles. The number of amides is 2. The predicted molar refractivity (Wildman–Crippen MR) is 101 cm³/mol. The lowest BCUT2D eigenvalue weighted by atomic mass is 9.83. The first-order valence-corrected chi connectivity index (χ1v) is 8.23. The highest BCUT2D eigenvalue weighted by Crippen LogP contribution is 2.32. The number of anilines is 2. The zero-order valence-corrected chi connectivity index (χ0v) is 14.8. The summed E-state index contributed by atoms with van der Waals surface area (Å²) in [7, 11) is 0. The van der Waals surface area contributed by atoms with Crippen molar-refractivity contribution in [2.45, 2.75) is 26.2 Å². The summed E-state index contributed by atoms with van der Waals surface area (Å²) in [5.74, 6) is -0.666. The minimum atomic E-state index is -0.827. The fourth-order valence-electron chi connectivity index (χ4n) is 2.87. The highest BCUT2D eigenvalue weighted by Gasteiger charge is 2.32. The first kappa shape index (κ1) is 17.7. The Morgan fingerprint density at radius 1 is 1.00 bits per heavy atom. The molecule has 0 saturated carbocycles. The van der Waals surface area contributed by atoms with E-state index in [0.717, 1.165) is 10.9 Å². The second kappa shape index (κ2) is 6.63. The van der Waals surface area contributed by atoms with Gasteiger partial charge in [-0.3, -0.25) is 9.59 Å². The first-order valence-electron chi connectivity index (χ1n) is 8.23. The van der Waals surface area contributed by atoms with Gasteiger partial charge in [0.05, 0.1) is 5.41 Å². The standard InChI is InChI=1S/C20H20FN3O2/c1-12(25)23-14-5-7-15(8-6-14)24-19(26)20(2,3)17-11-22-18-10-13(21)4-9-16(17)18/h4-11,22H,1-3H3,(H,23,25)(H,24,26). The molecule has 0 fully saturated rings. The summed E-state index contributed by atoms with van der Waals surface area (Å²) in [6.07, 6.45) is 1.74. The van der Waals surface area contributed by atoms with Gasteiger partial charge in [0.25, 0.3) is 0 Å². The average molecular weight is 353 g/mol. The van der Waals surface area contributed by atoms with Crippen LogP contribution in [-0.2, 0) is 15.0 Å². The zero-order chi connectivity index (χ0) is 18.9. The van der Waals surface area contributed by atoms with Gasteiger partial charge < -0.3 is 15.6 Å². The van der Waals surface area contributed by atoms with Crippen LogP contribution in [0.4, 0.5) is 15.8 Å². The quantitative estimate of drug-likeness (QED) is 0.658. The number of halogens is 1. The Hall–Kier alpha value is -3.15. The van der Waals surface area contributed by atoms with Crippen LogP contribution in [0.5, 0.6) is 0 Å². The van der Waals surface area contributed by atoms with Crippen molar-refractivity contribution in [3.8, 4) is 0 Å². The molecule has 0 aliphatic carbocycles. The summed E-state index contributed by atoms with van der Waals surface area (Å²) >= 11 is 0. The minimum absolute atomic E-state index is 0.154. The van der Waals surface area contributed by atoms with Gasteiger partial charge in [-0.2, -0.15) is 0 Å². The topological polar surface area (TPSA) is 74.0 Å². The Kier molecular flexibility index (Phi) is 4.50. The molecule has 2 aromatic carbocycles. The molecule has 5 nitrogen and oxygen atoms in total. The summed E-state index contributed by atoms with van der Waals surface area (Å²) in [5, 5.41) is 6.38. The Labute approximate surface area is 150 Å². The highest BCUT2D eigenvalue weighted by atomic mass is 19.1. The van der Waals surface area contributed by atoms with Crippen molar-refractivity contribution in [1.29, 1.82) is 0 Å². The van der Waals surface area contributed by atoms with Crippen molar-refractivity contribution in [1.82, 2.24) is 4.98 Å². The number of aromatic nitrogens is 1. The molecule has 134 valence electrons. The van der Waals surface area contributed by atoms with E-state index >= 15 is 0 Å². The zero-order valence-electron chi connectivity index (χ0n) is 14.8. The predicted octanol–water partition coefficient (Wildman–Crippen LogP) is 4.18. The summed E-state index contributed by atoms with van der Waals surface area (Å²) in [6, 6.07) is 11.4. The van der Waals surface area contributed by atoms with E-state index < -0.39 is 5.41 Å². The molecule has 0 aliphatic heterocycles. The van der Waals surface area contributed by atoms with E-state index in [2.05, 4.69) is 15.6 Å². The lowest BCUT2D eigenvalue weighted by Crippen LogP contribution is -2.34. The van der Waals surface area contributed by atoms with Crippen LogP contribution in [0.15, 0.2) is 48.7 Å². The van der Waals surface area contributed by atoms with E-state index in [1.54, 1.807) is 36.5 Å². The Balaban J connectivity index is 1.82. The molecule has 1 heterocycles. The summed E-state index contributed by atoms with van der Waals surface area (Å²) in [6.45, 7) is 5.07. The highest BCUT2D eigenvalue weighted by molar-refractivity contribution is 6.02. The molecule has 3 aromatic rings. The number of nitrogens with one attached hydrogen (secondary N) is 3. The van der Waals surface area contributed by atoms with E-state index in [-0.39, 0.29) is 17.6 Å². The number of rotatable bonds is 4. The third kappa shape index (κ3) is 3.44. The van der Waals surface area contributed by atoms with E-state index in [1.807, 2.05) is 13.8 Å². The van der Waals surface area contributed by atoms with Crippen LogP contribution < -0.4 is 10.6 Å². The Morgan fingerprint density at radius 2 is 1.62 bits per heavy atom. The fraction of sp³-hybridized carbons (Fsp3) is 0.200. The van der Waals surface area contributed by atoms with Gasteiger partial charge in [-0.05, 0) is 61.9 Å². The number of hydrogen-bond donors (Lipinski definition) is 3. The van der Waals surface area contributed by atoms with Crippen LogP contribution in [0.1, 0.15) is 26.3 Å². The van der Waals surface area contributed by atoms with Crippen molar-refractivity contribution < 1.29 is 14.0 Å². The lowest BCUT2D eigenvalue weighted by Gasteiger charge is -2.23. The SMILES string of the molecule is CC(=O)Nc1ccc(NC(=O)C(C)(C)c2c[nH]c3cc(F)ccc23)cc1. The third-order valence-corrected chi connectivity index (χ3v) is 4.35. The maximum absolute atomic E-state index is 13.4. The van der Waals surface area contributed by atoms with E-state index in [0.29, 0.717) is 16.9 Å². The van der Waals surface area contributed by atoms with Crippen LogP contribution in [0.2, 0.25) is 0 Å². The van der Waals surface area contributed by atoms with Gasteiger partial charge in [-0.25, -0.2) is 4.39 Å². The van der Waals surface area contributed by atoms with Crippen molar-refractivity contribution in [2.24, 2.45) is 0 Å². The van der Waals surface area contributed by atoms with E-state index in [4.69, 9.17) is 0 Å². The van der Waals surface area contributed by atoms with Crippen molar-refractivity contribution >= 4 is 34.1 Å². The largest absolute Gasteiger partial charge is 0.361 e. The van der Waals surface area contributed by atoms with Crippen LogP contribution in [-0.4, -0.2) is 16.8 Å². The van der Waals surface area contributed by atoms with Crippen LogP contribution in [0.3, 0.4) is 0 Å². The second-order valence-corrected chi connectivity index (χ2v) is 6.73. The summed E-state index contributed by atoms with van der Waals surface area (Å²) < 4.78 is 13.4. The number of carbonyl (C=O) groups excluding carboxylic acids is 2. The maximum atomic E-state index is 13.4. The second-order valence-electron chi connectivity index (χ2n) is 6.73. The molecule has 0 atom stereocenters. The number of fused-ring (bicyclic) bond motifs is 1. The van der Waals surface area contributed by atoms with E-state index in [9.17, 15) is 14.0 Å². The Morgan fingerprint density at radius 3 is 2.23 bits per heavy atom. The molecule has 0 bridgehead atoms. The van der Waals surface area contributed by atoms with Crippen LogP contribution in [0, 0.1) is 5.82 Å². The maximum Gasteiger partial charge on any atom is 0.234 e.